The molecule has 3 saturated heterocycles. The zero-order valence-corrected chi connectivity index (χ0v) is 21.6. The van der Waals surface area contributed by atoms with E-state index in [1.807, 2.05) is 17.8 Å². The van der Waals surface area contributed by atoms with Crippen molar-refractivity contribution >= 4 is 16.7 Å². The zero-order valence-electron chi connectivity index (χ0n) is 21.6. The maximum absolute atomic E-state index is 5.63. The van der Waals surface area contributed by atoms with E-state index in [4.69, 9.17) is 19.8 Å². The lowest BCUT2D eigenvalue weighted by atomic mass is 9.86. The predicted octanol–water partition coefficient (Wildman–Crippen LogP) is 4.49. The van der Waals surface area contributed by atoms with Gasteiger partial charge in [0.05, 0.1) is 18.3 Å². The molecule has 6 rings (SSSR count). The first-order valence-electron chi connectivity index (χ1n) is 13.4. The molecule has 35 heavy (non-hydrogen) atoms. The predicted molar refractivity (Wildman–Crippen MR) is 139 cm³/mol. The van der Waals surface area contributed by atoms with E-state index in [9.17, 15) is 0 Å². The van der Waals surface area contributed by atoms with Gasteiger partial charge < -0.3 is 9.64 Å². The summed E-state index contributed by atoms with van der Waals surface area (Å²) in [7, 11) is 0. The van der Waals surface area contributed by atoms with Crippen molar-refractivity contribution in [2.75, 3.05) is 44.3 Å². The van der Waals surface area contributed by atoms with Crippen molar-refractivity contribution in [1.82, 2.24) is 24.6 Å². The summed E-state index contributed by atoms with van der Waals surface area (Å²) in [5, 5.41) is 5.95. The molecule has 3 aliphatic rings. The minimum atomic E-state index is 0.595. The Morgan fingerprint density at radius 2 is 1.74 bits per heavy atom. The molecule has 0 amide bonds. The normalized spacial score (nSPS) is 22.4. The van der Waals surface area contributed by atoms with Crippen LogP contribution in [0.1, 0.15) is 56.0 Å². The highest BCUT2D eigenvalue weighted by molar-refractivity contribution is 5.82. The Bertz CT molecular complexity index is 1200. The van der Waals surface area contributed by atoms with E-state index in [0.29, 0.717) is 17.9 Å². The van der Waals surface area contributed by atoms with Crippen LogP contribution in [0.4, 0.5) is 5.82 Å². The Hall–Kier alpha value is -2.51. The number of nitrogens with zero attached hydrogens (tertiary/aromatic N) is 6. The van der Waals surface area contributed by atoms with Gasteiger partial charge in [0.1, 0.15) is 11.6 Å². The van der Waals surface area contributed by atoms with Crippen LogP contribution >= 0.6 is 0 Å². The van der Waals surface area contributed by atoms with Crippen LogP contribution in [0.15, 0.2) is 24.4 Å². The first-order valence-corrected chi connectivity index (χ1v) is 13.4. The highest BCUT2D eigenvalue weighted by atomic mass is 16.5. The third kappa shape index (κ3) is 4.33. The molecule has 1 aromatic carbocycles. The van der Waals surface area contributed by atoms with Gasteiger partial charge in [-0.2, -0.15) is 5.10 Å². The van der Waals surface area contributed by atoms with Gasteiger partial charge in [-0.25, -0.2) is 14.6 Å². The molecule has 1 atom stereocenters. The number of rotatable bonds is 5. The van der Waals surface area contributed by atoms with E-state index in [2.05, 4.69) is 48.8 Å². The van der Waals surface area contributed by atoms with E-state index in [0.717, 1.165) is 68.3 Å². The van der Waals surface area contributed by atoms with E-state index in [-0.39, 0.29) is 0 Å². The summed E-state index contributed by atoms with van der Waals surface area (Å²) in [5.74, 6) is 4.73. The highest BCUT2D eigenvalue weighted by Crippen LogP contribution is 2.35. The number of aryl methyl sites for hydroxylation is 2. The molecule has 2 aromatic heterocycles. The minimum absolute atomic E-state index is 0.595. The fourth-order valence-corrected chi connectivity index (χ4v) is 6.14. The van der Waals surface area contributed by atoms with Crippen LogP contribution < -0.4 is 4.90 Å². The quantitative estimate of drug-likeness (QED) is 0.543. The molecule has 1 unspecified atom stereocenters. The molecule has 0 spiro atoms. The van der Waals surface area contributed by atoms with Gasteiger partial charge in [-0.3, -0.25) is 4.90 Å². The van der Waals surface area contributed by atoms with Crippen molar-refractivity contribution < 1.29 is 4.74 Å². The largest absolute Gasteiger partial charge is 0.380 e. The zero-order chi connectivity index (χ0) is 24.1. The molecule has 0 bridgehead atoms. The first kappa shape index (κ1) is 22.9. The number of benzene rings is 1. The molecular formula is C28H38N6O. The van der Waals surface area contributed by atoms with Gasteiger partial charge in [-0.05, 0) is 87.2 Å². The van der Waals surface area contributed by atoms with Crippen LogP contribution in [-0.4, -0.2) is 70.1 Å². The smallest absolute Gasteiger partial charge is 0.159 e. The molecule has 3 fully saturated rings. The molecular weight excluding hydrogens is 436 g/mol. The van der Waals surface area contributed by atoms with Crippen molar-refractivity contribution in [3.63, 3.8) is 0 Å². The van der Waals surface area contributed by atoms with E-state index in [1.54, 1.807) is 0 Å². The Kier molecular flexibility index (Phi) is 6.01. The fraction of sp³-hybridized carbons (Fsp3) is 0.607. The first-order chi connectivity index (χ1) is 17.0. The molecule has 0 N–H and O–H groups in total. The van der Waals surface area contributed by atoms with E-state index in [1.165, 1.54) is 35.8 Å². The van der Waals surface area contributed by atoms with Gasteiger partial charge in [-0.15, -0.1) is 0 Å². The average molecular weight is 475 g/mol. The summed E-state index contributed by atoms with van der Waals surface area (Å²) in [4.78, 5) is 14.5. The summed E-state index contributed by atoms with van der Waals surface area (Å²) >= 11 is 0. The van der Waals surface area contributed by atoms with Gasteiger partial charge in [-0.1, -0.05) is 13.8 Å². The van der Waals surface area contributed by atoms with Crippen LogP contribution in [0.3, 0.4) is 0 Å². The van der Waals surface area contributed by atoms with Crippen LogP contribution in [0, 0.1) is 25.7 Å². The van der Waals surface area contributed by atoms with Gasteiger partial charge in [0.2, 0.25) is 0 Å². The fourth-order valence-electron chi connectivity index (χ4n) is 6.14. The van der Waals surface area contributed by atoms with Crippen LogP contribution in [0.5, 0.6) is 0 Å². The summed E-state index contributed by atoms with van der Waals surface area (Å²) in [6.45, 7) is 15.2. The van der Waals surface area contributed by atoms with Crippen LogP contribution in [-0.2, 0) is 4.74 Å². The minimum Gasteiger partial charge on any atom is -0.380 e. The molecule has 0 saturated carbocycles. The molecule has 3 aromatic rings. The molecule has 0 radical (unpaired) electrons. The molecule has 5 heterocycles. The Morgan fingerprint density at radius 1 is 0.971 bits per heavy atom. The lowest BCUT2D eigenvalue weighted by Crippen LogP contribution is -2.49. The second-order valence-corrected chi connectivity index (χ2v) is 11.2. The summed E-state index contributed by atoms with van der Waals surface area (Å²) < 4.78 is 7.64. The number of aromatic nitrogens is 4. The van der Waals surface area contributed by atoms with Crippen molar-refractivity contribution in [3.8, 4) is 5.82 Å². The SMILES string of the molecule is Cc1nc(N2CC(C(C)C)C2)cc(-n2ncc3cc(C)c(C4CCN(C5CCOC5)CC4)cc32)n1. The topological polar surface area (TPSA) is 59.3 Å². The molecule has 3 aliphatic heterocycles. The van der Waals surface area contributed by atoms with Crippen molar-refractivity contribution in [1.29, 1.82) is 0 Å². The van der Waals surface area contributed by atoms with Crippen LogP contribution in [0.2, 0.25) is 0 Å². The van der Waals surface area contributed by atoms with E-state index >= 15 is 0 Å². The Balaban J connectivity index is 1.27. The number of hydrogen-bond donors (Lipinski definition) is 0. The Morgan fingerprint density at radius 3 is 2.46 bits per heavy atom. The molecule has 7 nitrogen and oxygen atoms in total. The maximum atomic E-state index is 5.63. The van der Waals surface area contributed by atoms with Gasteiger partial charge in [0.15, 0.2) is 5.82 Å². The number of anilines is 1. The third-order valence-corrected chi connectivity index (χ3v) is 8.55. The van der Waals surface area contributed by atoms with Gasteiger partial charge in [0.25, 0.3) is 0 Å². The highest BCUT2D eigenvalue weighted by Gasteiger charge is 2.31. The van der Waals surface area contributed by atoms with E-state index < -0.39 is 0 Å². The van der Waals surface area contributed by atoms with Gasteiger partial charge >= 0.3 is 0 Å². The average Bonchev–Trinajstić information content (AvgIpc) is 3.47. The molecule has 0 aliphatic carbocycles. The number of ether oxygens (including phenoxy) is 1. The second-order valence-electron chi connectivity index (χ2n) is 11.2. The van der Waals surface area contributed by atoms with Crippen molar-refractivity contribution in [2.24, 2.45) is 11.8 Å². The van der Waals surface area contributed by atoms with Crippen molar-refractivity contribution in [2.45, 2.75) is 58.9 Å². The van der Waals surface area contributed by atoms with Gasteiger partial charge in [0, 0.05) is 37.2 Å². The summed E-state index contributed by atoms with van der Waals surface area (Å²) in [6, 6.07) is 7.42. The summed E-state index contributed by atoms with van der Waals surface area (Å²) in [6.07, 6.45) is 5.58. The standard InChI is InChI=1S/C28H38N6O/c1-18(2)23-15-33(16-23)27-13-28(31-20(4)30-27)34-26-12-25(19(3)11-22(26)14-29-34)21-5-8-32(9-6-21)24-7-10-35-17-24/h11-14,18,21,23-24H,5-10,15-17H2,1-4H3. The maximum Gasteiger partial charge on any atom is 0.159 e. The lowest BCUT2D eigenvalue weighted by molar-refractivity contribution is 0.122. The molecule has 186 valence electrons. The summed E-state index contributed by atoms with van der Waals surface area (Å²) in [5.41, 5.74) is 3.99. The molecule has 7 heteroatoms. The number of fused-ring (bicyclic) bond motifs is 1. The lowest BCUT2D eigenvalue weighted by Gasteiger charge is -2.42. The number of hydrogen-bond acceptors (Lipinski definition) is 6. The monoisotopic (exact) mass is 474 g/mol. The third-order valence-electron chi connectivity index (χ3n) is 8.55. The second kappa shape index (κ2) is 9.17. The Labute approximate surface area is 208 Å². The van der Waals surface area contributed by atoms with Crippen molar-refractivity contribution in [3.05, 3.63) is 41.3 Å². The van der Waals surface area contributed by atoms with Crippen LogP contribution in [0.25, 0.3) is 16.7 Å². The number of piperidine rings is 1. The number of likely N-dealkylation sites (tertiary alicyclic amines) is 1.